The maximum absolute atomic E-state index is 14.4. The van der Waals surface area contributed by atoms with Gasteiger partial charge in [0.25, 0.3) is 0 Å². The highest BCUT2D eigenvalue weighted by atomic mass is 79.9. The molecule has 284 valence electrons. The number of benzene rings is 2. The number of nitrogens with zero attached hydrogens (tertiary/aromatic N) is 12. The van der Waals surface area contributed by atoms with Gasteiger partial charge >= 0.3 is 0 Å². The van der Waals surface area contributed by atoms with Gasteiger partial charge in [-0.05, 0) is 97.1 Å². The van der Waals surface area contributed by atoms with E-state index < -0.39 is 23.3 Å². The number of aryl methyl sites for hydroxylation is 1. The smallest absolute Gasteiger partial charge is 0.183 e. The zero-order valence-electron chi connectivity index (χ0n) is 29.4. The van der Waals surface area contributed by atoms with E-state index in [9.17, 15) is 17.6 Å². The molecule has 2 aliphatic heterocycles. The van der Waals surface area contributed by atoms with Gasteiger partial charge in [0, 0.05) is 36.6 Å². The van der Waals surface area contributed by atoms with Gasteiger partial charge in [-0.25, -0.2) is 36.6 Å². The maximum Gasteiger partial charge on any atom is 0.183 e. The molecule has 56 heavy (non-hydrogen) atoms. The highest BCUT2D eigenvalue weighted by Gasteiger charge is 2.31. The molecule has 0 saturated carbocycles. The fourth-order valence-electron chi connectivity index (χ4n) is 7.33. The summed E-state index contributed by atoms with van der Waals surface area (Å²) in [5.41, 5.74) is 3.62. The molecule has 8 aromatic rings. The van der Waals surface area contributed by atoms with Gasteiger partial charge in [-0.2, -0.15) is 10.2 Å². The topological polar surface area (TPSA) is 118 Å². The third-order valence-corrected chi connectivity index (χ3v) is 12.1. The summed E-state index contributed by atoms with van der Waals surface area (Å²) in [5.74, 6) is -0.259. The van der Waals surface area contributed by atoms with Crippen LogP contribution in [0.25, 0.3) is 32.4 Å². The van der Waals surface area contributed by atoms with Crippen molar-refractivity contribution in [2.24, 2.45) is 0 Å². The number of aromatic nitrogens is 10. The molecule has 0 aliphatic carbocycles. The molecule has 6 aromatic heterocycles. The second kappa shape index (κ2) is 14.9. The minimum Gasteiger partial charge on any atom is -0.349 e. The molecule has 0 N–H and O–H groups in total. The average molecular weight is 862 g/mol. The number of halogens is 5. The van der Waals surface area contributed by atoms with Crippen LogP contribution in [0.15, 0.2) is 77.2 Å². The molecule has 19 heteroatoms. The summed E-state index contributed by atoms with van der Waals surface area (Å²) < 4.78 is 60.2. The van der Waals surface area contributed by atoms with E-state index in [0.29, 0.717) is 43.0 Å². The van der Waals surface area contributed by atoms with Crippen LogP contribution in [-0.2, 0) is 0 Å². The molecule has 12 nitrogen and oxygen atoms in total. The summed E-state index contributed by atoms with van der Waals surface area (Å²) in [6.45, 7) is 3.34. The molecular formula is C37H29BrF4N12S2. The van der Waals surface area contributed by atoms with Gasteiger partial charge in [0.05, 0.1) is 35.6 Å². The highest BCUT2D eigenvalue weighted by Crippen LogP contribution is 2.39. The third-order valence-electron chi connectivity index (χ3n) is 9.82. The van der Waals surface area contributed by atoms with E-state index in [4.69, 9.17) is 9.97 Å². The highest BCUT2D eigenvalue weighted by molar-refractivity contribution is 9.11. The van der Waals surface area contributed by atoms with Crippen molar-refractivity contribution in [3.8, 4) is 21.1 Å². The fourth-order valence-corrected chi connectivity index (χ4v) is 9.14. The second-order valence-electron chi connectivity index (χ2n) is 13.2. The van der Waals surface area contributed by atoms with Crippen molar-refractivity contribution in [3.63, 3.8) is 0 Å². The van der Waals surface area contributed by atoms with Crippen LogP contribution in [0.5, 0.6) is 0 Å². The number of hydrogen-bond donors (Lipinski definition) is 0. The van der Waals surface area contributed by atoms with Crippen molar-refractivity contribution in [2.75, 3.05) is 22.9 Å². The average Bonchev–Trinajstić information content (AvgIpc) is 4.06. The summed E-state index contributed by atoms with van der Waals surface area (Å²) in [6, 6.07) is 10.4. The predicted molar refractivity (Wildman–Crippen MR) is 208 cm³/mol. The lowest BCUT2D eigenvalue weighted by atomic mass is 10.0. The van der Waals surface area contributed by atoms with Gasteiger partial charge in [-0.15, -0.1) is 20.4 Å². The van der Waals surface area contributed by atoms with E-state index in [0.717, 1.165) is 72.0 Å². The molecule has 0 radical (unpaired) electrons. The molecule has 2 saturated heterocycles. The predicted octanol–water partition coefficient (Wildman–Crippen LogP) is 8.81. The maximum atomic E-state index is 14.4. The molecule has 8 heterocycles. The molecule has 0 spiro atoms. The molecule has 0 bridgehead atoms. The monoisotopic (exact) mass is 860 g/mol. The van der Waals surface area contributed by atoms with Crippen LogP contribution in [0.4, 0.5) is 29.2 Å². The fraction of sp³-hybridized carbons (Fsp3) is 0.243. The first kappa shape index (κ1) is 36.3. The van der Waals surface area contributed by atoms with Crippen molar-refractivity contribution in [2.45, 2.75) is 44.7 Å². The summed E-state index contributed by atoms with van der Waals surface area (Å²) in [5, 5.41) is 27.4. The van der Waals surface area contributed by atoms with Crippen LogP contribution in [0.3, 0.4) is 0 Å². The van der Waals surface area contributed by atoms with E-state index in [1.165, 1.54) is 46.9 Å². The Hall–Kier alpha value is -5.40. The van der Waals surface area contributed by atoms with Crippen LogP contribution in [-0.4, -0.2) is 62.7 Å². The van der Waals surface area contributed by atoms with Crippen LogP contribution in [0.1, 0.15) is 53.9 Å². The van der Waals surface area contributed by atoms with Crippen molar-refractivity contribution in [1.82, 2.24) is 49.6 Å². The van der Waals surface area contributed by atoms with E-state index in [2.05, 4.69) is 46.5 Å². The Bertz CT molecular complexity index is 2530. The van der Waals surface area contributed by atoms with Gasteiger partial charge in [-0.3, -0.25) is 0 Å². The first-order valence-corrected chi connectivity index (χ1v) is 20.0. The Labute approximate surface area is 332 Å². The zero-order chi connectivity index (χ0) is 38.5. The number of fused-ring (bicyclic) bond motifs is 2. The van der Waals surface area contributed by atoms with Crippen LogP contribution >= 0.6 is 38.6 Å². The van der Waals surface area contributed by atoms with E-state index >= 15 is 0 Å². The summed E-state index contributed by atoms with van der Waals surface area (Å²) in [7, 11) is 0. The third kappa shape index (κ3) is 6.87. The van der Waals surface area contributed by atoms with Crippen LogP contribution < -0.4 is 9.80 Å². The molecule has 0 amide bonds. The first-order valence-electron chi connectivity index (χ1n) is 17.6. The normalized spacial score (nSPS) is 17.0. The van der Waals surface area contributed by atoms with Crippen molar-refractivity contribution in [3.05, 3.63) is 117 Å². The quantitative estimate of drug-likeness (QED) is 0.150. The Morgan fingerprint density at radius 2 is 1.14 bits per heavy atom. The first-order chi connectivity index (χ1) is 27.2. The number of anilines is 2. The number of hydrogen-bond acceptors (Lipinski definition) is 12. The molecule has 0 unspecified atom stereocenters. The summed E-state index contributed by atoms with van der Waals surface area (Å²) >= 11 is 6.19. The van der Waals surface area contributed by atoms with Gasteiger partial charge in [0.2, 0.25) is 0 Å². The van der Waals surface area contributed by atoms with E-state index in [1.54, 1.807) is 21.4 Å². The molecule has 2 aliphatic rings. The van der Waals surface area contributed by atoms with Crippen molar-refractivity contribution in [1.29, 1.82) is 0 Å². The zero-order valence-corrected chi connectivity index (χ0v) is 32.6. The standard InChI is InChI=1S/C19H16F2N6S.C18H13BrF2N6S/c1-11-24-25-19(28-11)14-10-22-27-8-6-17(23-18(14)27)26-7-2-3-16(26)13-9-12(20)4-5-15(13)21;19-18-25-24-17(28-18)12-9-22-27-7-5-15(23-16(12)27)26-6-1-2-14(26)11-8-10(20)3-4-13(11)21/h4-6,8-10,16H,2-3,7H2,1H3;3-5,7-9,14H,1-2,6H2/t16-;14-/m11/s1. The lowest BCUT2D eigenvalue weighted by Gasteiger charge is -2.26. The van der Waals surface area contributed by atoms with Gasteiger partial charge in [0.1, 0.15) is 39.9 Å². The van der Waals surface area contributed by atoms with Gasteiger partial charge in [0.15, 0.2) is 25.2 Å². The van der Waals surface area contributed by atoms with Crippen molar-refractivity contribution < 1.29 is 17.6 Å². The SMILES string of the molecule is Cc1nnc(-c2cnn3ccc(N4CCC[C@@H]4c4cc(F)ccc4F)nc23)s1.Fc1ccc(F)c([C@H]2CCCN2c2ccn3ncc(-c4nnc(Br)s4)c3n2)c1. The number of rotatable bonds is 6. The largest absolute Gasteiger partial charge is 0.349 e. The molecule has 2 fully saturated rings. The Morgan fingerprint density at radius 1 is 0.643 bits per heavy atom. The van der Waals surface area contributed by atoms with E-state index in [1.807, 2.05) is 41.2 Å². The van der Waals surface area contributed by atoms with Crippen molar-refractivity contribution >= 4 is 61.5 Å². The molecule has 2 aromatic carbocycles. The van der Waals surface area contributed by atoms with Gasteiger partial charge < -0.3 is 9.80 Å². The Kier molecular flexibility index (Phi) is 9.66. The van der Waals surface area contributed by atoms with Gasteiger partial charge in [-0.1, -0.05) is 22.7 Å². The lowest BCUT2D eigenvalue weighted by molar-refractivity contribution is 0.560. The van der Waals surface area contributed by atoms with E-state index in [-0.39, 0.29) is 12.1 Å². The minimum atomic E-state index is -0.438. The minimum absolute atomic E-state index is 0.249. The van der Waals surface area contributed by atoms with Crippen LogP contribution in [0.2, 0.25) is 0 Å². The summed E-state index contributed by atoms with van der Waals surface area (Å²) in [6.07, 6.45) is 10.3. The molecular weight excluding hydrogens is 833 g/mol. The Morgan fingerprint density at radius 3 is 1.61 bits per heavy atom. The Balaban J connectivity index is 0.000000146. The molecule has 2 atom stereocenters. The van der Waals surface area contributed by atoms with Crippen LogP contribution in [0, 0.1) is 30.2 Å². The lowest BCUT2D eigenvalue weighted by Crippen LogP contribution is -2.24. The molecule has 10 rings (SSSR count). The second-order valence-corrected chi connectivity index (χ2v) is 16.7. The summed E-state index contributed by atoms with van der Waals surface area (Å²) in [4.78, 5) is 13.6.